The second-order valence-corrected chi connectivity index (χ2v) is 8.58. The SMILES string of the molecule is CC(C(=O)NC(=O)NC1CCCCC1)N(C)CC(=O)Nc1ccc(N2CCOCC2)cc1. The van der Waals surface area contributed by atoms with Gasteiger partial charge in [-0.3, -0.25) is 19.8 Å². The average Bonchev–Trinajstić information content (AvgIpc) is 2.80. The molecule has 1 aromatic rings. The Morgan fingerprint density at radius 1 is 1.09 bits per heavy atom. The highest BCUT2D eigenvalue weighted by Gasteiger charge is 2.23. The van der Waals surface area contributed by atoms with E-state index in [-0.39, 0.29) is 18.5 Å². The highest BCUT2D eigenvalue weighted by atomic mass is 16.5. The van der Waals surface area contributed by atoms with Crippen molar-refractivity contribution >= 4 is 29.2 Å². The molecule has 9 nitrogen and oxygen atoms in total. The highest BCUT2D eigenvalue weighted by Crippen LogP contribution is 2.19. The zero-order valence-electron chi connectivity index (χ0n) is 19.1. The van der Waals surface area contributed by atoms with Gasteiger partial charge in [0, 0.05) is 30.5 Å². The molecule has 1 aliphatic heterocycles. The van der Waals surface area contributed by atoms with Gasteiger partial charge in [0.2, 0.25) is 11.8 Å². The van der Waals surface area contributed by atoms with Gasteiger partial charge in [-0.1, -0.05) is 19.3 Å². The first kappa shape index (κ1) is 24.0. The van der Waals surface area contributed by atoms with Crippen LogP contribution in [0, 0.1) is 0 Å². The minimum absolute atomic E-state index is 0.0318. The highest BCUT2D eigenvalue weighted by molar-refractivity contribution is 5.97. The summed E-state index contributed by atoms with van der Waals surface area (Å²) in [6, 6.07) is 6.73. The van der Waals surface area contributed by atoms with Crippen LogP contribution in [-0.2, 0) is 14.3 Å². The van der Waals surface area contributed by atoms with Crippen molar-refractivity contribution in [2.75, 3.05) is 50.1 Å². The molecule has 2 aliphatic rings. The van der Waals surface area contributed by atoms with Gasteiger partial charge in [-0.15, -0.1) is 0 Å². The Kier molecular flexibility index (Phi) is 8.87. The summed E-state index contributed by atoms with van der Waals surface area (Å²) in [7, 11) is 1.68. The number of benzene rings is 1. The van der Waals surface area contributed by atoms with Crippen molar-refractivity contribution in [3.8, 4) is 0 Å². The number of carbonyl (C=O) groups excluding carboxylic acids is 3. The van der Waals surface area contributed by atoms with E-state index in [0.717, 1.165) is 57.7 Å². The van der Waals surface area contributed by atoms with Gasteiger partial charge in [-0.2, -0.15) is 0 Å². The Balaban J connectivity index is 1.41. The van der Waals surface area contributed by atoms with Crippen molar-refractivity contribution in [1.82, 2.24) is 15.5 Å². The maximum absolute atomic E-state index is 12.4. The van der Waals surface area contributed by atoms with E-state index in [1.165, 1.54) is 6.42 Å². The molecule has 32 heavy (non-hydrogen) atoms. The maximum atomic E-state index is 12.4. The van der Waals surface area contributed by atoms with Gasteiger partial charge in [0.1, 0.15) is 0 Å². The molecule has 0 radical (unpaired) electrons. The van der Waals surface area contributed by atoms with E-state index < -0.39 is 18.0 Å². The molecular formula is C23H35N5O4. The lowest BCUT2D eigenvalue weighted by molar-refractivity contribution is -0.125. The van der Waals surface area contributed by atoms with Gasteiger partial charge in [-0.05, 0) is 51.1 Å². The van der Waals surface area contributed by atoms with E-state index in [9.17, 15) is 14.4 Å². The number of likely N-dealkylation sites (N-methyl/N-ethyl adjacent to an activating group) is 1. The van der Waals surface area contributed by atoms with Crippen LogP contribution in [0.15, 0.2) is 24.3 Å². The minimum Gasteiger partial charge on any atom is -0.378 e. The molecule has 1 heterocycles. The number of hydrogen-bond acceptors (Lipinski definition) is 6. The Morgan fingerprint density at radius 3 is 2.41 bits per heavy atom. The normalized spacial score (nSPS) is 18.2. The maximum Gasteiger partial charge on any atom is 0.321 e. The van der Waals surface area contributed by atoms with Crippen molar-refractivity contribution in [1.29, 1.82) is 0 Å². The molecule has 1 unspecified atom stereocenters. The molecule has 176 valence electrons. The number of nitrogens with zero attached hydrogens (tertiary/aromatic N) is 2. The molecule has 0 bridgehead atoms. The first-order chi connectivity index (χ1) is 15.4. The number of amides is 4. The van der Waals surface area contributed by atoms with Crippen LogP contribution in [0.4, 0.5) is 16.2 Å². The van der Waals surface area contributed by atoms with E-state index in [1.54, 1.807) is 18.9 Å². The quantitative estimate of drug-likeness (QED) is 0.593. The number of hydrogen-bond donors (Lipinski definition) is 3. The van der Waals surface area contributed by atoms with E-state index in [1.807, 2.05) is 24.3 Å². The lowest BCUT2D eigenvalue weighted by atomic mass is 9.96. The van der Waals surface area contributed by atoms with E-state index >= 15 is 0 Å². The number of anilines is 2. The smallest absolute Gasteiger partial charge is 0.321 e. The third-order valence-electron chi connectivity index (χ3n) is 6.14. The summed E-state index contributed by atoms with van der Waals surface area (Å²) < 4.78 is 5.37. The summed E-state index contributed by atoms with van der Waals surface area (Å²) in [5.41, 5.74) is 1.80. The second kappa shape index (κ2) is 11.8. The second-order valence-electron chi connectivity index (χ2n) is 8.58. The van der Waals surface area contributed by atoms with Crippen molar-refractivity contribution in [2.45, 2.75) is 51.1 Å². The number of carbonyl (C=O) groups is 3. The lowest BCUT2D eigenvalue weighted by Crippen LogP contribution is -2.51. The Morgan fingerprint density at radius 2 is 1.75 bits per heavy atom. The number of ether oxygens (including phenoxy) is 1. The third kappa shape index (κ3) is 7.20. The molecule has 2 fully saturated rings. The van der Waals surface area contributed by atoms with Crippen molar-refractivity contribution in [3.63, 3.8) is 0 Å². The van der Waals surface area contributed by atoms with Gasteiger partial charge in [0.05, 0.1) is 25.8 Å². The lowest BCUT2D eigenvalue weighted by Gasteiger charge is -2.29. The standard InChI is InChI=1S/C23H35N5O4/c1-17(22(30)26-23(31)25-18-6-4-3-5-7-18)27(2)16-21(29)24-19-8-10-20(11-9-19)28-12-14-32-15-13-28/h8-11,17-18H,3-7,12-16H2,1-2H3,(H,24,29)(H2,25,26,30,31). The fourth-order valence-corrected chi connectivity index (χ4v) is 4.03. The van der Waals surface area contributed by atoms with Gasteiger partial charge in [0.15, 0.2) is 0 Å². The van der Waals surface area contributed by atoms with Gasteiger partial charge in [0.25, 0.3) is 0 Å². The molecule has 0 aromatic heterocycles. The van der Waals surface area contributed by atoms with Gasteiger partial charge >= 0.3 is 6.03 Å². The molecule has 0 spiro atoms. The number of rotatable bonds is 7. The summed E-state index contributed by atoms with van der Waals surface area (Å²) in [4.78, 5) is 40.8. The topological polar surface area (TPSA) is 103 Å². The van der Waals surface area contributed by atoms with Crippen molar-refractivity contribution in [3.05, 3.63) is 24.3 Å². The summed E-state index contributed by atoms with van der Waals surface area (Å²) in [5.74, 6) is -0.651. The minimum atomic E-state index is -0.624. The fourth-order valence-electron chi connectivity index (χ4n) is 4.03. The molecule has 1 saturated heterocycles. The summed E-state index contributed by atoms with van der Waals surface area (Å²) in [6.07, 6.45) is 5.29. The van der Waals surface area contributed by atoms with Crippen LogP contribution in [-0.4, -0.2) is 74.7 Å². The number of urea groups is 1. The van der Waals surface area contributed by atoms with Crippen LogP contribution < -0.4 is 20.9 Å². The molecule has 1 aromatic carbocycles. The molecule has 3 rings (SSSR count). The van der Waals surface area contributed by atoms with E-state index in [2.05, 4.69) is 20.9 Å². The molecule has 1 atom stereocenters. The first-order valence-corrected chi connectivity index (χ1v) is 11.5. The van der Waals surface area contributed by atoms with Crippen molar-refractivity contribution in [2.24, 2.45) is 0 Å². The van der Waals surface area contributed by atoms with Crippen LogP contribution in [0.2, 0.25) is 0 Å². The van der Waals surface area contributed by atoms with Crippen LogP contribution in [0.3, 0.4) is 0 Å². The summed E-state index contributed by atoms with van der Waals surface area (Å²) in [5, 5.41) is 8.12. The van der Waals surface area contributed by atoms with E-state index in [4.69, 9.17) is 4.74 Å². The van der Waals surface area contributed by atoms with Crippen LogP contribution in [0.5, 0.6) is 0 Å². The molecule has 1 saturated carbocycles. The van der Waals surface area contributed by atoms with Gasteiger partial charge in [-0.25, -0.2) is 4.79 Å². The van der Waals surface area contributed by atoms with E-state index in [0.29, 0.717) is 5.69 Å². The Labute approximate surface area is 189 Å². The third-order valence-corrected chi connectivity index (χ3v) is 6.14. The Hall–Kier alpha value is -2.65. The summed E-state index contributed by atoms with van der Waals surface area (Å²) in [6.45, 7) is 4.86. The molecular weight excluding hydrogens is 410 g/mol. The predicted molar refractivity (Wildman–Crippen MR) is 124 cm³/mol. The Bertz CT molecular complexity index is 773. The van der Waals surface area contributed by atoms with Gasteiger partial charge < -0.3 is 20.3 Å². The van der Waals surface area contributed by atoms with Crippen LogP contribution in [0.1, 0.15) is 39.0 Å². The number of nitrogens with one attached hydrogen (secondary N) is 3. The monoisotopic (exact) mass is 445 g/mol. The van der Waals surface area contributed by atoms with Crippen molar-refractivity contribution < 1.29 is 19.1 Å². The predicted octanol–water partition coefficient (Wildman–Crippen LogP) is 1.94. The fraction of sp³-hybridized carbons (Fsp3) is 0.609. The summed E-state index contributed by atoms with van der Waals surface area (Å²) >= 11 is 0. The number of imide groups is 1. The average molecular weight is 446 g/mol. The number of morpholine rings is 1. The zero-order valence-corrected chi connectivity index (χ0v) is 19.1. The molecule has 1 aliphatic carbocycles. The van der Waals surface area contributed by atoms with Crippen LogP contribution in [0.25, 0.3) is 0 Å². The first-order valence-electron chi connectivity index (χ1n) is 11.5. The van der Waals surface area contributed by atoms with Crippen LogP contribution >= 0.6 is 0 Å². The molecule has 9 heteroatoms. The largest absolute Gasteiger partial charge is 0.378 e. The zero-order chi connectivity index (χ0) is 22.9. The molecule has 3 N–H and O–H groups in total. The molecule has 4 amide bonds.